The lowest BCUT2D eigenvalue weighted by Crippen LogP contribution is -2.68. The molecule has 0 radical (unpaired) electrons. The van der Waals surface area contributed by atoms with Gasteiger partial charge in [-0.2, -0.15) is 0 Å². The first kappa shape index (κ1) is 14.1. The third kappa shape index (κ3) is 1.93. The molecule has 0 spiro atoms. The fraction of sp³-hybridized carbons (Fsp3) is 0.500. The maximum absolute atomic E-state index is 11.5. The van der Waals surface area contributed by atoms with Gasteiger partial charge < -0.3 is 10.8 Å². The van der Waals surface area contributed by atoms with E-state index < -0.39 is 12.0 Å². The standard InChI is InChI=1S/C8H9IN2O3S.ClH/c9-1-3-2-15-7-4(10)6(12)11(7)5(3)8(13)14;/h4,7H,1-2,10H2,(H,13,14);1H/t4?,7-;/m0./s1. The van der Waals surface area contributed by atoms with Crippen molar-refractivity contribution in [2.45, 2.75) is 11.4 Å². The third-order valence-corrected chi connectivity index (χ3v) is 4.73. The number of β-lactam (4-membered cyclic amide) rings is 1. The number of carbonyl (C=O) groups excluding carboxylic acids is 1. The first-order valence-electron chi connectivity index (χ1n) is 4.29. The second-order valence-corrected chi connectivity index (χ2v) is 5.19. The van der Waals surface area contributed by atoms with E-state index in [1.165, 1.54) is 16.7 Å². The Labute approximate surface area is 116 Å². The van der Waals surface area contributed by atoms with E-state index in [1.54, 1.807) is 0 Å². The molecule has 0 aromatic heterocycles. The fourth-order valence-corrected chi connectivity index (χ4v) is 3.97. The summed E-state index contributed by atoms with van der Waals surface area (Å²) in [5.74, 6) is -0.675. The Morgan fingerprint density at radius 2 is 2.31 bits per heavy atom. The number of carboxylic acid groups (broad SMARTS) is 1. The minimum absolute atomic E-state index is 0. The second-order valence-electron chi connectivity index (χ2n) is 3.33. The molecule has 2 rings (SSSR count). The Balaban J connectivity index is 0.00000128. The van der Waals surface area contributed by atoms with Crippen LogP contribution in [0, 0.1) is 0 Å². The summed E-state index contributed by atoms with van der Waals surface area (Å²) in [4.78, 5) is 23.8. The van der Waals surface area contributed by atoms with E-state index in [-0.39, 0.29) is 29.4 Å². The van der Waals surface area contributed by atoms with Crippen LogP contribution in [0.25, 0.3) is 0 Å². The predicted octanol–water partition coefficient (Wildman–Crippen LogP) is 0.424. The third-order valence-electron chi connectivity index (χ3n) is 2.45. The predicted molar refractivity (Wildman–Crippen MR) is 71.9 cm³/mol. The molecule has 5 nitrogen and oxygen atoms in total. The van der Waals surface area contributed by atoms with Gasteiger partial charge in [-0.25, -0.2) is 4.79 Å². The largest absolute Gasteiger partial charge is 0.477 e. The summed E-state index contributed by atoms with van der Waals surface area (Å²) in [5.41, 5.74) is 6.53. The van der Waals surface area contributed by atoms with Crippen LogP contribution in [-0.4, -0.2) is 43.5 Å². The number of amides is 1. The lowest BCUT2D eigenvalue weighted by atomic mass is 10.0. The van der Waals surface area contributed by atoms with Crippen LogP contribution in [0.3, 0.4) is 0 Å². The van der Waals surface area contributed by atoms with Crippen LogP contribution < -0.4 is 5.73 Å². The first-order chi connectivity index (χ1) is 7.07. The molecule has 1 amide bonds. The van der Waals surface area contributed by atoms with Gasteiger partial charge in [-0.3, -0.25) is 9.69 Å². The van der Waals surface area contributed by atoms with Crippen LogP contribution >= 0.6 is 46.8 Å². The summed E-state index contributed by atoms with van der Waals surface area (Å²) in [7, 11) is 0. The number of hydrogen-bond donors (Lipinski definition) is 2. The van der Waals surface area contributed by atoms with E-state index in [1.807, 2.05) is 0 Å². The average molecular weight is 377 g/mol. The molecule has 1 fully saturated rings. The monoisotopic (exact) mass is 376 g/mol. The van der Waals surface area contributed by atoms with Gasteiger partial charge in [0.05, 0.1) is 0 Å². The molecule has 16 heavy (non-hydrogen) atoms. The van der Waals surface area contributed by atoms with Crippen molar-refractivity contribution in [3.8, 4) is 0 Å². The number of nitrogens with two attached hydrogens (primary N) is 1. The van der Waals surface area contributed by atoms with Crippen molar-refractivity contribution in [2.75, 3.05) is 10.2 Å². The van der Waals surface area contributed by atoms with Gasteiger partial charge in [-0.1, -0.05) is 22.6 Å². The van der Waals surface area contributed by atoms with Gasteiger partial charge in [-0.05, 0) is 5.57 Å². The second kappa shape index (κ2) is 5.11. The normalized spacial score (nSPS) is 28.1. The van der Waals surface area contributed by atoms with Crippen molar-refractivity contribution in [1.82, 2.24) is 4.90 Å². The van der Waals surface area contributed by atoms with Gasteiger partial charge in [0.2, 0.25) is 5.91 Å². The van der Waals surface area contributed by atoms with Crippen molar-refractivity contribution >= 4 is 58.6 Å². The zero-order valence-corrected chi connectivity index (χ0v) is 11.8. The van der Waals surface area contributed by atoms with Crippen LogP contribution in [0.15, 0.2) is 11.3 Å². The lowest BCUT2D eigenvalue weighted by molar-refractivity contribution is -0.147. The number of halogens is 2. The number of carbonyl (C=O) groups is 2. The lowest BCUT2D eigenvalue weighted by Gasteiger charge is -2.47. The average Bonchev–Trinajstić information content (AvgIpc) is 2.25. The fourth-order valence-electron chi connectivity index (χ4n) is 1.68. The highest BCUT2D eigenvalue weighted by molar-refractivity contribution is 14.1. The van der Waals surface area contributed by atoms with Crippen LogP contribution in [0.2, 0.25) is 0 Å². The molecule has 0 saturated carbocycles. The maximum Gasteiger partial charge on any atom is 0.352 e. The minimum atomic E-state index is -1.03. The summed E-state index contributed by atoms with van der Waals surface area (Å²) >= 11 is 3.64. The molecular formula is C8H10ClIN2O3S. The maximum atomic E-state index is 11.5. The highest BCUT2D eigenvalue weighted by Gasteiger charge is 2.51. The Morgan fingerprint density at radius 1 is 1.69 bits per heavy atom. The molecule has 2 aliphatic rings. The zero-order chi connectivity index (χ0) is 11.2. The van der Waals surface area contributed by atoms with Crippen molar-refractivity contribution < 1.29 is 14.7 Å². The van der Waals surface area contributed by atoms with E-state index in [9.17, 15) is 9.59 Å². The summed E-state index contributed by atoms with van der Waals surface area (Å²) in [6.45, 7) is 0. The Morgan fingerprint density at radius 3 is 2.81 bits per heavy atom. The van der Waals surface area contributed by atoms with Gasteiger partial charge in [0, 0.05) is 10.2 Å². The molecule has 2 atom stereocenters. The van der Waals surface area contributed by atoms with Crippen molar-refractivity contribution in [3.05, 3.63) is 11.3 Å². The molecule has 0 aliphatic carbocycles. The van der Waals surface area contributed by atoms with E-state index in [4.69, 9.17) is 10.8 Å². The van der Waals surface area contributed by atoms with Gasteiger partial charge in [0.25, 0.3) is 0 Å². The van der Waals surface area contributed by atoms with E-state index >= 15 is 0 Å². The molecule has 0 bridgehead atoms. The van der Waals surface area contributed by atoms with Gasteiger partial charge in [-0.15, -0.1) is 24.2 Å². The summed E-state index contributed by atoms with van der Waals surface area (Å²) in [6, 6.07) is -0.542. The minimum Gasteiger partial charge on any atom is -0.477 e. The summed E-state index contributed by atoms with van der Waals surface area (Å²) in [5, 5.41) is 8.88. The van der Waals surface area contributed by atoms with E-state index in [0.717, 1.165) is 5.57 Å². The quantitative estimate of drug-likeness (QED) is 0.415. The van der Waals surface area contributed by atoms with E-state index in [2.05, 4.69) is 22.6 Å². The van der Waals surface area contributed by atoms with Crippen LogP contribution in [-0.2, 0) is 9.59 Å². The molecule has 1 unspecified atom stereocenters. The molecule has 0 aromatic rings. The number of thioether (sulfide) groups is 1. The Hall–Kier alpha value is 0.0100. The van der Waals surface area contributed by atoms with Crippen LogP contribution in [0.1, 0.15) is 0 Å². The van der Waals surface area contributed by atoms with Crippen molar-refractivity contribution in [2.24, 2.45) is 5.73 Å². The number of fused-ring (bicyclic) bond motifs is 1. The SMILES string of the molecule is Cl.NC1C(=O)N2C(C(=O)O)=C(CI)CS[C@@H]12. The number of carboxylic acids is 1. The summed E-state index contributed by atoms with van der Waals surface area (Å²) in [6.07, 6.45) is 0. The Kier molecular flexibility index (Phi) is 4.49. The zero-order valence-electron chi connectivity index (χ0n) is 8.05. The van der Waals surface area contributed by atoms with Gasteiger partial charge >= 0.3 is 5.97 Å². The number of rotatable bonds is 2. The number of aliphatic carboxylic acids is 1. The topological polar surface area (TPSA) is 83.6 Å². The number of alkyl halides is 1. The highest BCUT2D eigenvalue weighted by Crippen LogP contribution is 2.39. The van der Waals surface area contributed by atoms with Gasteiger partial charge in [0.1, 0.15) is 17.1 Å². The number of nitrogens with zero attached hydrogens (tertiary/aromatic N) is 1. The Bertz CT molecular complexity index is 376. The van der Waals surface area contributed by atoms with Crippen LogP contribution in [0.5, 0.6) is 0 Å². The molecule has 2 aliphatic heterocycles. The molecule has 8 heteroatoms. The number of hydrogen-bond acceptors (Lipinski definition) is 4. The van der Waals surface area contributed by atoms with E-state index in [0.29, 0.717) is 10.2 Å². The molecule has 0 aromatic carbocycles. The molecule has 2 heterocycles. The smallest absolute Gasteiger partial charge is 0.352 e. The van der Waals surface area contributed by atoms with Gasteiger partial charge in [0.15, 0.2) is 0 Å². The first-order valence-corrected chi connectivity index (χ1v) is 6.87. The molecule has 90 valence electrons. The summed E-state index contributed by atoms with van der Waals surface area (Å²) < 4.78 is 0.623. The molecule has 3 N–H and O–H groups in total. The molecular weight excluding hydrogens is 367 g/mol. The van der Waals surface area contributed by atoms with Crippen molar-refractivity contribution in [1.29, 1.82) is 0 Å². The van der Waals surface area contributed by atoms with Crippen LogP contribution in [0.4, 0.5) is 0 Å². The highest BCUT2D eigenvalue weighted by atomic mass is 127. The van der Waals surface area contributed by atoms with Crippen molar-refractivity contribution in [3.63, 3.8) is 0 Å². The molecule has 1 saturated heterocycles.